The first-order valence-corrected chi connectivity index (χ1v) is 5.30. The molecular weight excluding hydrogens is 341 g/mol. The summed E-state index contributed by atoms with van der Waals surface area (Å²) in [4.78, 5) is 46.5. The summed E-state index contributed by atoms with van der Waals surface area (Å²) >= 11 is 0. The topological polar surface area (TPSA) is 153 Å². The Morgan fingerprint density at radius 1 is 1.11 bits per heavy atom. The van der Waals surface area contributed by atoms with Gasteiger partial charge in [-0.05, 0) is 6.92 Å². The zero-order valence-corrected chi connectivity index (χ0v) is 18.3. The molecule has 0 fully saturated rings. The summed E-state index contributed by atoms with van der Waals surface area (Å²) in [6.07, 6.45) is 0. The van der Waals surface area contributed by atoms with E-state index in [1.165, 1.54) is 6.92 Å². The maximum atomic E-state index is 9.51. The SMILES string of the molecule is CC(=O)O.CC(=O)O.CCO[Si]([O-])([O-])[O-].[Mg+2].[Na+].[Zn]. The smallest absolute Gasteiger partial charge is 0.861 e. The van der Waals surface area contributed by atoms with Gasteiger partial charge >= 0.3 is 52.6 Å². The average molecular weight is 354 g/mol. The maximum Gasteiger partial charge on any atom is 2.00 e. The van der Waals surface area contributed by atoms with E-state index in [2.05, 4.69) is 4.43 Å². The molecule has 0 unspecified atom stereocenters. The number of carboxylic acids is 2. The Morgan fingerprint density at radius 3 is 1.28 bits per heavy atom. The third kappa shape index (κ3) is 161. The molecule has 0 spiro atoms. The standard InChI is InChI=1S/C2H5O4Si.2C2H4O2.Mg.Na.Zn/c1-2-6-7(3,4)5;2*1-2(3)4;;;/h2H2,1H3;2*1H3,(H,3,4);;;/q-3;;;+2;+1;. The normalized spacial score (nSPS) is 7.44. The number of carboxylic acid groups (broad SMARTS) is 2. The maximum absolute atomic E-state index is 9.51. The van der Waals surface area contributed by atoms with Crippen molar-refractivity contribution < 1.29 is 87.7 Å². The minimum atomic E-state index is -4.91. The number of hydrogen-bond donors (Lipinski definition) is 2. The van der Waals surface area contributed by atoms with Crippen molar-refractivity contribution in [1.29, 1.82) is 0 Å². The van der Waals surface area contributed by atoms with Gasteiger partial charge in [-0.2, -0.15) is 0 Å². The molecule has 0 aromatic rings. The van der Waals surface area contributed by atoms with Crippen LogP contribution < -0.4 is 43.9 Å². The Kier molecular flexibility index (Phi) is 47.7. The van der Waals surface area contributed by atoms with Gasteiger partial charge in [0, 0.05) is 39.9 Å². The van der Waals surface area contributed by atoms with Crippen LogP contribution in [0, 0.1) is 0 Å². The second-order valence-electron chi connectivity index (χ2n) is 1.97. The first-order chi connectivity index (χ1) is 6.52. The zero-order chi connectivity index (χ0) is 13.1. The molecule has 0 heterocycles. The molecule has 0 radical (unpaired) electrons. The van der Waals surface area contributed by atoms with Crippen molar-refractivity contribution in [3.05, 3.63) is 0 Å². The van der Waals surface area contributed by atoms with Gasteiger partial charge in [0.05, 0.1) is 0 Å². The van der Waals surface area contributed by atoms with Gasteiger partial charge in [-0.15, -0.1) is 9.05 Å². The number of aliphatic carboxylic acids is 2. The summed E-state index contributed by atoms with van der Waals surface area (Å²) in [5.74, 6) is -1.67. The number of rotatable bonds is 2. The molecule has 94 valence electrons. The number of hydrogen-bond acceptors (Lipinski definition) is 6. The van der Waals surface area contributed by atoms with Crippen molar-refractivity contribution in [1.82, 2.24) is 0 Å². The molecule has 0 aliphatic rings. The summed E-state index contributed by atoms with van der Waals surface area (Å²) in [6, 6.07) is 0. The van der Waals surface area contributed by atoms with E-state index in [1.807, 2.05) is 0 Å². The second-order valence-corrected chi connectivity index (χ2v) is 3.26. The van der Waals surface area contributed by atoms with Crippen LogP contribution in [0.25, 0.3) is 0 Å². The zero-order valence-electron chi connectivity index (χ0n) is 11.0. The van der Waals surface area contributed by atoms with Crippen LogP contribution in [-0.2, 0) is 33.5 Å². The first-order valence-electron chi connectivity index (χ1n) is 3.67. The van der Waals surface area contributed by atoms with Crippen molar-refractivity contribution in [3.63, 3.8) is 0 Å². The fourth-order valence-corrected chi connectivity index (χ4v) is 0.530. The first kappa shape index (κ1) is 36.6. The molecule has 0 saturated carbocycles. The third-order valence-corrected chi connectivity index (χ3v) is 0.963. The van der Waals surface area contributed by atoms with E-state index >= 15 is 0 Å². The molecule has 0 rings (SSSR count). The predicted molar refractivity (Wildman–Crippen MR) is 49.8 cm³/mol. The molecule has 2 N–H and O–H groups in total. The molecule has 0 aromatic heterocycles. The van der Waals surface area contributed by atoms with Gasteiger partial charge in [-0.25, -0.2) is 0 Å². The van der Waals surface area contributed by atoms with Crippen molar-refractivity contribution in [2.24, 2.45) is 0 Å². The summed E-state index contributed by atoms with van der Waals surface area (Å²) < 4.78 is 3.70. The molecule has 0 aliphatic carbocycles. The molecule has 0 aromatic carbocycles. The Bertz CT molecular complexity index is 171. The van der Waals surface area contributed by atoms with Crippen LogP contribution in [0.4, 0.5) is 0 Å². The second kappa shape index (κ2) is 23.5. The molecule has 0 amide bonds. The predicted octanol–water partition coefficient (Wildman–Crippen LogP) is -6.66. The van der Waals surface area contributed by atoms with Gasteiger partial charge in [0.1, 0.15) is 0 Å². The molecule has 0 aliphatic heterocycles. The monoisotopic (exact) mass is 352 g/mol. The molecule has 8 nitrogen and oxygen atoms in total. The molecule has 0 saturated heterocycles. The fourth-order valence-electron chi connectivity index (χ4n) is 0.177. The minimum Gasteiger partial charge on any atom is -0.861 e. The van der Waals surface area contributed by atoms with E-state index < -0.39 is 21.0 Å². The van der Waals surface area contributed by atoms with Crippen LogP contribution in [0.2, 0.25) is 0 Å². The summed E-state index contributed by atoms with van der Waals surface area (Å²) in [7, 11) is -4.91. The van der Waals surface area contributed by atoms with E-state index in [9.17, 15) is 14.4 Å². The van der Waals surface area contributed by atoms with E-state index in [0.29, 0.717) is 0 Å². The summed E-state index contributed by atoms with van der Waals surface area (Å²) in [6.45, 7) is 3.54. The van der Waals surface area contributed by atoms with Crippen LogP contribution in [0.1, 0.15) is 20.8 Å². The van der Waals surface area contributed by atoms with E-state index in [0.717, 1.165) is 13.8 Å². The van der Waals surface area contributed by atoms with Crippen molar-refractivity contribution in [2.45, 2.75) is 20.8 Å². The Hall–Kier alpha value is 1.39. The van der Waals surface area contributed by atoms with Gasteiger partial charge in [0.15, 0.2) is 0 Å². The van der Waals surface area contributed by atoms with Crippen LogP contribution in [0.15, 0.2) is 0 Å². The summed E-state index contributed by atoms with van der Waals surface area (Å²) in [5.41, 5.74) is 0. The van der Waals surface area contributed by atoms with Crippen molar-refractivity contribution in [3.8, 4) is 0 Å². The Balaban J connectivity index is -0.0000000292. The van der Waals surface area contributed by atoms with Gasteiger partial charge < -0.3 is 29.0 Å². The van der Waals surface area contributed by atoms with Crippen LogP contribution in [0.5, 0.6) is 0 Å². The van der Waals surface area contributed by atoms with Crippen LogP contribution in [0.3, 0.4) is 0 Å². The van der Waals surface area contributed by atoms with Gasteiger partial charge in [0.25, 0.3) is 11.9 Å². The largest absolute Gasteiger partial charge is 2.00 e. The average Bonchev–Trinajstić information content (AvgIpc) is 1.79. The molecule has 12 heteroatoms. The quantitative estimate of drug-likeness (QED) is 0.464. The molecular formula is C6H13MgNaO8SiZn. The summed E-state index contributed by atoms with van der Waals surface area (Å²) in [5, 5.41) is 14.8. The van der Waals surface area contributed by atoms with Gasteiger partial charge in [0.2, 0.25) is 0 Å². The minimum absolute atomic E-state index is 0. The van der Waals surface area contributed by atoms with Crippen molar-refractivity contribution >= 4 is 44.0 Å². The molecule has 0 bridgehead atoms. The third-order valence-electron chi connectivity index (χ3n) is 0.321. The van der Waals surface area contributed by atoms with Gasteiger partial charge in [-0.1, -0.05) is 0 Å². The fraction of sp³-hybridized carbons (Fsp3) is 0.667. The van der Waals surface area contributed by atoms with Crippen LogP contribution >= 0.6 is 0 Å². The Labute approximate surface area is 157 Å². The van der Waals surface area contributed by atoms with Crippen LogP contribution in [-0.4, -0.2) is 60.9 Å². The van der Waals surface area contributed by atoms with Crippen molar-refractivity contribution in [2.75, 3.05) is 6.61 Å². The number of carbonyl (C=O) groups is 2. The molecule has 0 atom stereocenters. The van der Waals surface area contributed by atoms with Gasteiger partial charge in [-0.3, -0.25) is 9.59 Å². The Morgan fingerprint density at radius 2 is 1.28 bits per heavy atom. The van der Waals surface area contributed by atoms with E-state index in [-0.39, 0.29) is 78.7 Å². The van der Waals surface area contributed by atoms with E-state index in [4.69, 9.17) is 19.8 Å². The van der Waals surface area contributed by atoms with E-state index in [1.54, 1.807) is 0 Å². The molecule has 18 heavy (non-hydrogen) atoms.